The maximum atomic E-state index is 13.2. The number of phenolic OH excluding ortho intramolecular Hbond substituents is 1. The van der Waals surface area contributed by atoms with Crippen LogP contribution in [-0.4, -0.2) is 24.6 Å². The molecule has 9 heteroatoms. The minimum atomic E-state index is -3.80. The number of anilines is 1. The van der Waals surface area contributed by atoms with E-state index in [0.29, 0.717) is 27.0 Å². The highest BCUT2D eigenvalue weighted by Gasteiger charge is 2.34. The molecule has 3 N–H and O–H groups in total. The van der Waals surface area contributed by atoms with Gasteiger partial charge in [-0.05, 0) is 71.9 Å². The van der Waals surface area contributed by atoms with E-state index in [1.54, 1.807) is 42.5 Å². The van der Waals surface area contributed by atoms with Crippen LogP contribution in [0, 0.1) is 0 Å². The molecule has 0 unspecified atom stereocenters. The highest BCUT2D eigenvalue weighted by Crippen LogP contribution is 2.37. The summed E-state index contributed by atoms with van der Waals surface area (Å²) in [6.45, 7) is 0. The van der Waals surface area contributed by atoms with Gasteiger partial charge in [0.2, 0.25) is 10.0 Å². The molecule has 1 saturated heterocycles. The molecule has 1 aliphatic rings. The Morgan fingerprint density at radius 2 is 1.68 bits per heavy atom. The zero-order valence-electron chi connectivity index (χ0n) is 16.0. The molecule has 0 aliphatic carbocycles. The first-order chi connectivity index (χ1) is 14.8. The van der Waals surface area contributed by atoms with Gasteiger partial charge in [0.25, 0.3) is 5.91 Å². The van der Waals surface area contributed by atoms with Crippen LogP contribution in [0.3, 0.4) is 0 Å². The van der Waals surface area contributed by atoms with E-state index in [9.17, 15) is 18.3 Å². The molecule has 4 rings (SSSR count). The van der Waals surface area contributed by atoms with Gasteiger partial charge in [-0.1, -0.05) is 30.3 Å². The second kappa shape index (κ2) is 8.38. The van der Waals surface area contributed by atoms with Crippen LogP contribution in [-0.2, 0) is 14.8 Å². The van der Waals surface area contributed by atoms with Crippen molar-refractivity contribution in [1.29, 1.82) is 0 Å². The number of thioether (sulfide) groups is 1. The first kappa shape index (κ1) is 20.9. The largest absolute Gasteiger partial charge is 0.508 e. The van der Waals surface area contributed by atoms with E-state index in [1.807, 2.05) is 18.2 Å². The number of aromatic hydroxyl groups is 1. The van der Waals surface area contributed by atoms with Gasteiger partial charge in [0.05, 0.1) is 21.2 Å². The van der Waals surface area contributed by atoms with Crippen molar-refractivity contribution >= 4 is 50.3 Å². The molecule has 1 amide bonds. The van der Waals surface area contributed by atoms with Gasteiger partial charge in [0, 0.05) is 0 Å². The SMILES string of the molecule is NS(=O)(=O)c1ccc(/N=C2\SC(=Cc3cccc(O)c3)C(=O)N2c2ccccc2)cc1. The number of carbonyl (C=O) groups excluding carboxylic acids is 1. The lowest BCUT2D eigenvalue weighted by molar-refractivity contribution is -0.113. The van der Waals surface area contributed by atoms with Crippen molar-refractivity contribution in [3.8, 4) is 5.75 Å². The number of carbonyl (C=O) groups is 1. The lowest BCUT2D eigenvalue weighted by Gasteiger charge is -2.15. The number of aliphatic imine (C=N–C) groups is 1. The number of nitrogens with two attached hydrogens (primary N) is 1. The van der Waals surface area contributed by atoms with E-state index in [2.05, 4.69) is 4.99 Å². The average Bonchev–Trinajstić information content (AvgIpc) is 3.03. The monoisotopic (exact) mass is 451 g/mol. The fourth-order valence-corrected chi connectivity index (χ4v) is 4.46. The van der Waals surface area contributed by atoms with Crippen LogP contribution in [0.2, 0.25) is 0 Å². The maximum absolute atomic E-state index is 13.2. The number of benzene rings is 3. The molecule has 156 valence electrons. The van der Waals surface area contributed by atoms with Crippen molar-refractivity contribution in [2.24, 2.45) is 10.1 Å². The molecule has 3 aromatic carbocycles. The maximum Gasteiger partial charge on any atom is 0.271 e. The molecule has 1 fully saturated rings. The quantitative estimate of drug-likeness (QED) is 0.585. The van der Waals surface area contributed by atoms with Crippen molar-refractivity contribution in [1.82, 2.24) is 0 Å². The Morgan fingerprint density at radius 3 is 2.32 bits per heavy atom. The second-order valence-corrected chi connectivity index (χ2v) is 9.19. The predicted molar refractivity (Wildman–Crippen MR) is 123 cm³/mol. The van der Waals surface area contributed by atoms with Gasteiger partial charge in [-0.15, -0.1) is 0 Å². The number of para-hydroxylation sites is 1. The van der Waals surface area contributed by atoms with Gasteiger partial charge in [-0.25, -0.2) is 18.5 Å². The lowest BCUT2D eigenvalue weighted by Crippen LogP contribution is -2.28. The molecule has 3 aromatic rings. The van der Waals surface area contributed by atoms with Crippen LogP contribution in [0.1, 0.15) is 5.56 Å². The van der Waals surface area contributed by atoms with E-state index in [0.717, 1.165) is 0 Å². The summed E-state index contributed by atoms with van der Waals surface area (Å²) in [5.74, 6) is -0.145. The van der Waals surface area contributed by atoms with E-state index in [4.69, 9.17) is 5.14 Å². The van der Waals surface area contributed by atoms with Crippen molar-refractivity contribution in [2.75, 3.05) is 4.90 Å². The number of amides is 1. The Labute approximate surface area is 183 Å². The zero-order chi connectivity index (χ0) is 22.0. The number of hydrogen-bond acceptors (Lipinski definition) is 6. The zero-order valence-corrected chi connectivity index (χ0v) is 17.7. The summed E-state index contributed by atoms with van der Waals surface area (Å²) in [5.41, 5.74) is 1.81. The molecule has 0 atom stereocenters. The summed E-state index contributed by atoms with van der Waals surface area (Å²) in [6.07, 6.45) is 1.69. The minimum absolute atomic E-state index is 0.0176. The standard InChI is InChI=1S/C22H17N3O4S2/c23-31(28,29)19-11-9-16(10-12-19)24-22-25(17-6-2-1-3-7-17)21(27)20(30-22)14-15-5-4-8-18(26)13-15/h1-14,26H,(H2,23,28,29)/b20-14?,24-22-. The van der Waals surface area contributed by atoms with E-state index >= 15 is 0 Å². The molecule has 0 radical (unpaired) electrons. The number of rotatable bonds is 4. The van der Waals surface area contributed by atoms with Gasteiger partial charge in [0.15, 0.2) is 5.17 Å². The molecule has 0 aromatic heterocycles. The summed E-state index contributed by atoms with van der Waals surface area (Å²) in [4.78, 5) is 19.7. The fraction of sp³-hybridized carbons (Fsp3) is 0. The normalized spacial score (nSPS) is 16.9. The van der Waals surface area contributed by atoms with Crippen LogP contribution < -0.4 is 10.0 Å². The molecule has 7 nitrogen and oxygen atoms in total. The number of phenols is 1. The molecular weight excluding hydrogens is 434 g/mol. The van der Waals surface area contributed by atoms with E-state index in [-0.39, 0.29) is 16.6 Å². The molecular formula is C22H17N3O4S2. The fourth-order valence-electron chi connectivity index (χ4n) is 2.94. The van der Waals surface area contributed by atoms with Crippen molar-refractivity contribution in [3.63, 3.8) is 0 Å². The molecule has 0 spiro atoms. The topological polar surface area (TPSA) is 113 Å². The van der Waals surface area contributed by atoms with Gasteiger partial charge in [-0.3, -0.25) is 9.69 Å². The third kappa shape index (κ3) is 4.69. The van der Waals surface area contributed by atoms with Crippen LogP contribution in [0.15, 0.2) is 93.7 Å². The van der Waals surface area contributed by atoms with Crippen LogP contribution >= 0.6 is 11.8 Å². The highest BCUT2D eigenvalue weighted by atomic mass is 32.2. The van der Waals surface area contributed by atoms with E-state index < -0.39 is 10.0 Å². The summed E-state index contributed by atoms with van der Waals surface area (Å²) >= 11 is 1.19. The van der Waals surface area contributed by atoms with Crippen molar-refractivity contribution in [3.05, 3.63) is 89.3 Å². The minimum Gasteiger partial charge on any atom is -0.508 e. The molecule has 1 aliphatic heterocycles. The number of amidine groups is 1. The summed E-state index contributed by atoms with van der Waals surface area (Å²) < 4.78 is 22.9. The van der Waals surface area contributed by atoms with Crippen molar-refractivity contribution < 1.29 is 18.3 Å². The summed E-state index contributed by atoms with van der Waals surface area (Å²) in [6, 6.07) is 21.5. The number of nitrogens with zero attached hydrogens (tertiary/aromatic N) is 2. The first-order valence-corrected chi connectivity index (χ1v) is 11.5. The van der Waals surface area contributed by atoms with Gasteiger partial charge >= 0.3 is 0 Å². The Balaban J connectivity index is 1.75. The smallest absolute Gasteiger partial charge is 0.271 e. The summed E-state index contributed by atoms with van der Waals surface area (Å²) in [5, 5.41) is 15.3. The van der Waals surface area contributed by atoms with Crippen LogP contribution in [0.5, 0.6) is 5.75 Å². The summed E-state index contributed by atoms with van der Waals surface area (Å²) in [7, 11) is -3.80. The molecule has 1 heterocycles. The Morgan fingerprint density at radius 1 is 0.968 bits per heavy atom. The number of hydrogen-bond donors (Lipinski definition) is 2. The van der Waals surface area contributed by atoms with Gasteiger partial charge in [-0.2, -0.15) is 0 Å². The predicted octanol–water partition coefficient (Wildman–Crippen LogP) is 3.85. The number of sulfonamides is 1. The third-order valence-corrected chi connectivity index (χ3v) is 6.28. The average molecular weight is 452 g/mol. The van der Waals surface area contributed by atoms with Crippen LogP contribution in [0.4, 0.5) is 11.4 Å². The third-order valence-electron chi connectivity index (χ3n) is 4.38. The molecule has 0 bridgehead atoms. The molecule has 31 heavy (non-hydrogen) atoms. The Bertz CT molecular complexity index is 1300. The first-order valence-electron chi connectivity index (χ1n) is 9.11. The lowest BCUT2D eigenvalue weighted by atomic mass is 10.2. The second-order valence-electron chi connectivity index (χ2n) is 6.62. The van der Waals surface area contributed by atoms with Crippen molar-refractivity contribution in [2.45, 2.75) is 4.90 Å². The number of primary sulfonamides is 1. The Kier molecular flexibility index (Phi) is 5.64. The highest BCUT2D eigenvalue weighted by molar-refractivity contribution is 8.19. The van der Waals surface area contributed by atoms with Gasteiger partial charge in [0.1, 0.15) is 5.75 Å². The van der Waals surface area contributed by atoms with E-state index in [1.165, 1.54) is 40.9 Å². The van der Waals surface area contributed by atoms with Crippen LogP contribution in [0.25, 0.3) is 6.08 Å². The molecule has 0 saturated carbocycles. The van der Waals surface area contributed by atoms with Gasteiger partial charge < -0.3 is 5.11 Å². The Hall–Kier alpha value is -3.40.